The van der Waals surface area contributed by atoms with E-state index in [1.54, 1.807) is 0 Å². The highest BCUT2D eigenvalue weighted by Crippen LogP contribution is 2.00. The zero-order valence-corrected chi connectivity index (χ0v) is 19.3. The van der Waals surface area contributed by atoms with Gasteiger partial charge in [0.25, 0.3) is 0 Å². The fourth-order valence-electron chi connectivity index (χ4n) is 2.27. The Morgan fingerprint density at radius 3 is 2.44 bits per heavy atom. The second-order valence-electron chi connectivity index (χ2n) is 7.12. The Balaban J connectivity index is 0.00000676. The van der Waals surface area contributed by atoms with Crippen molar-refractivity contribution in [2.75, 3.05) is 32.8 Å². The molecule has 0 saturated carbocycles. The summed E-state index contributed by atoms with van der Waals surface area (Å²) in [6, 6.07) is 10.3. The Morgan fingerprint density at radius 2 is 1.81 bits per heavy atom. The predicted molar refractivity (Wildman–Crippen MR) is 123 cm³/mol. The molecule has 0 unspecified atom stereocenters. The monoisotopic (exact) mass is 490 g/mol. The maximum absolute atomic E-state index is 11.8. The average molecular weight is 490 g/mol. The van der Waals surface area contributed by atoms with E-state index in [-0.39, 0.29) is 42.0 Å². The molecule has 0 aliphatic heterocycles. The van der Waals surface area contributed by atoms with E-state index in [1.807, 2.05) is 45.9 Å². The van der Waals surface area contributed by atoms with Crippen LogP contribution in [-0.2, 0) is 16.0 Å². The number of benzene rings is 1. The van der Waals surface area contributed by atoms with Crippen LogP contribution in [0.25, 0.3) is 0 Å². The van der Waals surface area contributed by atoms with Gasteiger partial charge in [-0.2, -0.15) is 0 Å². The van der Waals surface area contributed by atoms with Crippen molar-refractivity contribution in [3.8, 4) is 0 Å². The van der Waals surface area contributed by atoms with E-state index in [0.29, 0.717) is 12.6 Å². The molecule has 0 aliphatic rings. The molecule has 0 fully saturated rings. The van der Waals surface area contributed by atoms with Gasteiger partial charge in [0.15, 0.2) is 5.96 Å². The first-order valence-electron chi connectivity index (χ1n) is 9.35. The van der Waals surface area contributed by atoms with E-state index in [0.717, 1.165) is 32.5 Å². The lowest BCUT2D eigenvalue weighted by molar-refractivity contribution is -0.121. The van der Waals surface area contributed by atoms with Crippen molar-refractivity contribution < 1.29 is 9.53 Å². The van der Waals surface area contributed by atoms with E-state index < -0.39 is 0 Å². The molecule has 0 radical (unpaired) electrons. The Kier molecular flexibility index (Phi) is 13.9. The molecule has 154 valence electrons. The molecular formula is C20H35IN4O2. The van der Waals surface area contributed by atoms with Gasteiger partial charge in [-0.3, -0.25) is 4.79 Å². The van der Waals surface area contributed by atoms with Gasteiger partial charge < -0.3 is 20.7 Å². The molecule has 3 N–H and O–H groups in total. The molecule has 0 heterocycles. The van der Waals surface area contributed by atoms with Gasteiger partial charge in [-0.25, -0.2) is 4.99 Å². The average Bonchev–Trinajstić information content (AvgIpc) is 2.58. The van der Waals surface area contributed by atoms with E-state index in [9.17, 15) is 4.79 Å². The molecule has 1 aromatic rings. The lowest BCUT2D eigenvalue weighted by Gasteiger charge is -2.20. The summed E-state index contributed by atoms with van der Waals surface area (Å²) in [5, 5.41) is 9.27. The van der Waals surface area contributed by atoms with Crippen molar-refractivity contribution in [3.05, 3.63) is 35.9 Å². The van der Waals surface area contributed by atoms with E-state index in [2.05, 4.69) is 33.1 Å². The standard InChI is InChI=1S/C20H34N4O2.HI/c1-5-21-19(23-16-18(25)24-20(2,3)4)22-13-9-14-26-15-12-17-10-7-6-8-11-17;/h6-8,10-11H,5,9,12-16H2,1-4H3,(H,24,25)(H2,21,22,23);1H. The number of amides is 1. The number of carbonyl (C=O) groups excluding carboxylic acids is 1. The van der Waals surface area contributed by atoms with E-state index in [1.165, 1.54) is 5.56 Å². The van der Waals surface area contributed by atoms with Crippen LogP contribution in [0, 0.1) is 0 Å². The highest BCUT2D eigenvalue weighted by Gasteiger charge is 2.13. The van der Waals surface area contributed by atoms with Crippen LogP contribution in [0.1, 0.15) is 39.7 Å². The normalized spacial score (nSPS) is 11.5. The van der Waals surface area contributed by atoms with Crippen LogP contribution < -0.4 is 16.0 Å². The minimum Gasteiger partial charge on any atom is -0.381 e. The molecule has 0 aliphatic carbocycles. The molecule has 1 amide bonds. The fourth-order valence-corrected chi connectivity index (χ4v) is 2.27. The maximum Gasteiger partial charge on any atom is 0.242 e. The SMILES string of the molecule is CCNC(=NCC(=O)NC(C)(C)C)NCCCOCCc1ccccc1.I. The number of nitrogens with zero attached hydrogens (tertiary/aromatic N) is 1. The molecule has 1 aromatic carbocycles. The largest absolute Gasteiger partial charge is 0.381 e. The molecular weight excluding hydrogens is 455 g/mol. The summed E-state index contributed by atoms with van der Waals surface area (Å²) in [4.78, 5) is 16.2. The maximum atomic E-state index is 11.8. The van der Waals surface area contributed by atoms with E-state index in [4.69, 9.17) is 4.74 Å². The third-order valence-corrected chi connectivity index (χ3v) is 3.38. The summed E-state index contributed by atoms with van der Waals surface area (Å²) in [7, 11) is 0. The summed E-state index contributed by atoms with van der Waals surface area (Å²) in [5.41, 5.74) is 1.05. The van der Waals surface area contributed by atoms with Crippen LogP contribution in [0.4, 0.5) is 0 Å². The van der Waals surface area contributed by atoms with Gasteiger partial charge in [-0.1, -0.05) is 30.3 Å². The number of ether oxygens (including phenoxy) is 1. The third-order valence-electron chi connectivity index (χ3n) is 3.38. The number of carbonyl (C=O) groups is 1. The van der Waals surface area contributed by atoms with Crippen molar-refractivity contribution >= 4 is 35.8 Å². The quantitative estimate of drug-likeness (QED) is 0.204. The van der Waals surface area contributed by atoms with Gasteiger partial charge in [-0.15, -0.1) is 24.0 Å². The zero-order chi connectivity index (χ0) is 19.3. The second kappa shape index (κ2) is 14.7. The highest BCUT2D eigenvalue weighted by molar-refractivity contribution is 14.0. The number of rotatable bonds is 10. The predicted octanol–water partition coefficient (Wildman–Crippen LogP) is 2.72. The van der Waals surface area contributed by atoms with Gasteiger partial charge >= 0.3 is 0 Å². The molecule has 0 bridgehead atoms. The lowest BCUT2D eigenvalue weighted by atomic mass is 10.1. The molecule has 7 heteroatoms. The van der Waals surface area contributed by atoms with Crippen LogP contribution in [0.2, 0.25) is 0 Å². The molecule has 0 saturated heterocycles. The summed E-state index contributed by atoms with van der Waals surface area (Å²) >= 11 is 0. The van der Waals surface area contributed by atoms with Crippen molar-refractivity contribution in [3.63, 3.8) is 0 Å². The van der Waals surface area contributed by atoms with Crippen LogP contribution >= 0.6 is 24.0 Å². The van der Waals surface area contributed by atoms with Crippen molar-refractivity contribution in [1.82, 2.24) is 16.0 Å². The Hall–Kier alpha value is -1.35. The molecule has 0 atom stereocenters. The van der Waals surface area contributed by atoms with Crippen LogP contribution in [0.15, 0.2) is 35.3 Å². The van der Waals surface area contributed by atoms with Gasteiger partial charge in [0.05, 0.1) is 6.61 Å². The zero-order valence-electron chi connectivity index (χ0n) is 17.0. The number of halogens is 1. The van der Waals surface area contributed by atoms with Crippen molar-refractivity contribution in [2.24, 2.45) is 4.99 Å². The number of aliphatic imine (C=N–C) groups is 1. The molecule has 6 nitrogen and oxygen atoms in total. The van der Waals surface area contributed by atoms with Crippen LogP contribution in [-0.4, -0.2) is 50.3 Å². The van der Waals surface area contributed by atoms with Crippen LogP contribution in [0.3, 0.4) is 0 Å². The van der Waals surface area contributed by atoms with Gasteiger partial charge in [0.2, 0.25) is 5.91 Å². The van der Waals surface area contributed by atoms with Crippen molar-refractivity contribution in [1.29, 1.82) is 0 Å². The third kappa shape index (κ3) is 14.4. The Bertz CT molecular complexity index is 545. The first-order valence-corrected chi connectivity index (χ1v) is 9.35. The topological polar surface area (TPSA) is 74.8 Å². The summed E-state index contributed by atoms with van der Waals surface area (Å²) in [6.45, 7) is 10.9. The number of guanidine groups is 1. The molecule has 27 heavy (non-hydrogen) atoms. The van der Waals surface area contributed by atoms with Gasteiger partial charge in [0.1, 0.15) is 6.54 Å². The highest BCUT2D eigenvalue weighted by atomic mass is 127. The number of hydrogen-bond acceptors (Lipinski definition) is 3. The molecule has 1 rings (SSSR count). The minimum atomic E-state index is -0.241. The summed E-state index contributed by atoms with van der Waals surface area (Å²) < 4.78 is 5.67. The number of hydrogen-bond donors (Lipinski definition) is 3. The smallest absolute Gasteiger partial charge is 0.242 e. The Morgan fingerprint density at radius 1 is 1.11 bits per heavy atom. The summed E-state index contributed by atoms with van der Waals surface area (Å²) in [5.74, 6) is 0.569. The van der Waals surface area contributed by atoms with Crippen LogP contribution in [0.5, 0.6) is 0 Å². The van der Waals surface area contributed by atoms with Gasteiger partial charge in [0, 0.05) is 25.2 Å². The number of nitrogens with one attached hydrogen (secondary N) is 3. The van der Waals surface area contributed by atoms with E-state index >= 15 is 0 Å². The Labute approximate surface area is 181 Å². The van der Waals surface area contributed by atoms with Crippen molar-refractivity contribution in [2.45, 2.75) is 46.1 Å². The first kappa shape index (κ1) is 25.6. The fraction of sp³-hybridized carbons (Fsp3) is 0.600. The summed E-state index contributed by atoms with van der Waals surface area (Å²) in [6.07, 6.45) is 1.81. The molecule has 0 aromatic heterocycles. The lowest BCUT2D eigenvalue weighted by Crippen LogP contribution is -2.43. The minimum absolute atomic E-state index is 0. The first-order chi connectivity index (χ1) is 12.4. The van der Waals surface area contributed by atoms with Gasteiger partial charge in [-0.05, 0) is 46.1 Å². The molecule has 0 spiro atoms. The second-order valence-corrected chi connectivity index (χ2v) is 7.12.